The van der Waals surface area contributed by atoms with Crippen LogP contribution in [0.15, 0.2) is 45.1 Å². The number of nitrogens with zero attached hydrogens (tertiary/aromatic N) is 3. The molecule has 3 aromatic rings. The van der Waals surface area contributed by atoms with E-state index in [2.05, 4.69) is 20.2 Å². The van der Waals surface area contributed by atoms with Gasteiger partial charge in [-0.25, -0.2) is 4.79 Å². The van der Waals surface area contributed by atoms with Crippen LogP contribution in [0.2, 0.25) is 0 Å². The van der Waals surface area contributed by atoms with Gasteiger partial charge in [-0.05, 0) is 45.0 Å². The van der Waals surface area contributed by atoms with Crippen molar-refractivity contribution in [3.05, 3.63) is 62.7 Å². The highest BCUT2D eigenvalue weighted by Gasteiger charge is 2.22. The molecule has 0 aliphatic carbocycles. The molecule has 0 aliphatic rings. The maximum atomic E-state index is 12.1. The van der Waals surface area contributed by atoms with E-state index in [4.69, 9.17) is 9.47 Å². The van der Waals surface area contributed by atoms with Crippen molar-refractivity contribution in [2.75, 3.05) is 13.2 Å². The highest BCUT2D eigenvalue weighted by molar-refractivity contribution is 8.00. The van der Waals surface area contributed by atoms with Crippen molar-refractivity contribution in [2.45, 2.75) is 37.6 Å². The third kappa shape index (κ3) is 5.63. The number of hydrogen-bond donors (Lipinski definition) is 2. The van der Waals surface area contributed by atoms with Crippen molar-refractivity contribution in [3.8, 4) is 11.4 Å². The van der Waals surface area contributed by atoms with Crippen LogP contribution in [0.3, 0.4) is 0 Å². The first-order valence-corrected chi connectivity index (χ1v) is 10.6. The molecular weight excluding hydrogens is 422 g/mol. The van der Waals surface area contributed by atoms with Crippen LogP contribution >= 0.6 is 11.8 Å². The van der Waals surface area contributed by atoms with E-state index in [-0.39, 0.29) is 19.0 Å². The fourth-order valence-electron chi connectivity index (χ4n) is 2.86. The summed E-state index contributed by atoms with van der Waals surface area (Å²) in [5.41, 5.74) is 0.0362. The molecule has 0 saturated heterocycles. The van der Waals surface area contributed by atoms with Crippen LogP contribution in [-0.2, 0) is 16.0 Å². The molecule has 2 aromatic heterocycles. The number of rotatable bonds is 9. The molecule has 11 heteroatoms. The van der Waals surface area contributed by atoms with Crippen LogP contribution in [0.1, 0.15) is 32.3 Å². The Kier molecular flexibility index (Phi) is 7.29. The van der Waals surface area contributed by atoms with E-state index >= 15 is 0 Å². The van der Waals surface area contributed by atoms with Gasteiger partial charge in [-0.3, -0.25) is 19.1 Å². The number of aromatic amines is 2. The molecule has 31 heavy (non-hydrogen) atoms. The van der Waals surface area contributed by atoms with Gasteiger partial charge in [0.25, 0.3) is 5.56 Å². The average molecular weight is 446 g/mol. The zero-order valence-electron chi connectivity index (χ0n) is 17.4. The molecule has 10 nitrogen and oxygen atoms in total. The number of ether oxygens (including phenoxy) is 2. The van der Waals surface area contributed by atoms with Crippen molar-refractivity contribution in [1.82, 2.24) is 24.7 Å². The summed E-state index contributed by atoms with van der Waals surface area (Å²) in [7, 11) is 0. The van der Waals surface area contributed by atoms with E-state index in [1.165, 1.54) is 17.8 Å². The Hall–Kier alpha value is -3.34. The first-order chi connectivity index (χ1) is 14.9. The second-order valence-corrected chi connectivity index (χ2v) is 7.77. The molecule has 2 N–H and O–H groups in total. The van der Waals surface area contributed by atoms with Crippen LogP contribution in [0, 0.1) is 0 Å². The van der Waals surface area contributed by atoms with Gasteiger partial charge in [0.1, 0.15) is 16.8 Å². The maximum absolute atomic E-state index is 12.1. The maximum Gasteiger partial charge on any atom is 0.325 e. The molecule has 0 saturated carbocycles. The van der Waals surface area contributed by atoms with Gasteiger partial charge in [0.2, 0.25) is 0 Å². The molecular formula is C20H23N5O5S. The molecule has 0 spiro atoms. The van der Waals surface area contributed by atoms with Gasteiger partial charge in [0, 0.05) is 23.9 Å². The van der Waals surface area contributed by atoms with Gasteiger partial charge < -0.3 is 14.5 Å². The van der Waals surface area contributed by atoms with Crippen molar-refractivity contribution in [1.29, 1.82) is 0 Å². The topological polar surface area (TPSA) is 132 Å². The molecule has 164 valence electrons. The summed E-state index contributed by atoms with van der Waals surface area (Å²) in [6, 6.07) is 8.63. The molecule has 1 atom stereocenters. The summed E-state index contributed by atoms with van der Waals surface area (Å²) in [5, 5.41) is 8.45. The van der Waals surface area contributed by atoms with Crippen LogP contribution in [0.4, 0.5) is 0 Å². The number of nitrogens with one attached hydrogen (secondary N) is 2. The lowest BCUT2D eigenvalue weighted by atomic mass is 10.2. The molecule has 0 amide bonds. The first kappa shape index (κ1) is 22.3. The zero-order chi connectivity index (χ0) is 22.4. The lowest BCUT2D eigenvalue weighted by Crippen LogP contribution is -2.23. The number of H-pyrrole nitrogens is 2. The molecule has 0 radical (unpaired) electrons. The zero-order valence-corrected chi connectivity index (χ0v) is 18.2. The van der Waals surface area contributed by atoms with Crippen molar-refractivity contribution >= 4 is 17.7 Å². The molecule has 0 unspecified atom stereocenters. The number of carbonyl (C=O) groups is 1. The SMILES string of the molecule is CCOC(=O)[C@@H](C)Sc1nnc(Cc2cc(=O)[nH]c(=O)[nH]2)n1-c1ccc(OCC)cc1. The Morgan fingerprint density at radius 3 is 2.52 bits per heavy atom. The predicted molar refractivity (Wildman–Crippen MR) is 115 cm³/mol. The minimum absolute atomic E-state index is 0.160. The monoisotopic (exact) mass is 445 g/mol. The average Bonchev–Trinajstić information content (AvgIpc) is 3.10. The molecule has 0 fully saturated rings. The van der Waals surface area contributed by atoms with Gasteiger partial charge in [-0.1, -0.05) is 11.8 Å². The van der Waals surface area contributed by atoms with Crippen LogP contribution in [0.25, 0.3) is 5.69 Å². The quantitative estimate of drug-likeness (QED) is 0.376. The van der Waals surface area contributed by atoms with Gasteiger partial charge in [-0.2, -0.15) is 0 Å². The summed E-state index contributed by atoms with van der Waals surface area (Å²) in [4.78, 5) is 40.1. The molecule has 2 heterocycles. The smallest absolute Gasteiger partial charge is 0.325 e. The van der Waals surface area contributed by atoms with Crippen molar-refractivity contribution < 1.29 is 14.3 Å². The van der Waals surface area contributed by atoms with Gasteiger partial charge in [0.05, 0.1) is 13.2 Å². The van der Waals surface area contributed by atoms with E-state index in [1.54, 1.807) is 18.4 Å². The third-order valence-corrected chi connectivity index (χ3v) is 5.19. The lowest BCUT2D eigenvalue weighted by molar-refractivity contribution is -0.142. The van der Waals surface area contributed by atoms with Gasteiger partial charge in [0.15, 0.2) is 5.16 Å². The Balaban J connectivity index is 2.00. The highest BCUT2D eigenvalue weighted by atomic mass is 32.2. The summed E-state index contributed by atoms with van der Waals surface area (Å²) in [6.45, 7) is 6.22. The fraction of sp³-hybridized carbons (Fsp3) is 0.350. The minimum Gasteiger partial charge on any atom is -0.494 e. The minimum atomic E-state index is -0.597. The van der Waals surface area contributed by atoms with Crippen LogP contribution in [-0.4, -0.2) is 49.2 Å². The summed E-state index contributed by atoms with van der Waals surface area (Å²) in [5.74, 6) is 0.854. The normalized spacial score (nSPS) is 11.8. The second-order valence-electron chi connectivity index (χ2n) is 6.46. The van der Waals surface area contributed by atoms with Crippen molar-refractivity contribution in [2.24, 2.45) is 0 Å². The number of benzene rings is 1. The summed E-state index contributed by atoms with van der Waals surface area (Å²) < 4.78 is 12.4. The van der Waals surface area contributed by atoms with E-state index in [9.17, 15) is 14.4 Å². The molecule has 0 aliphatic heterocycles. The number of hydrogen-bond acceptors (Lipinski definition) is 8. The number of thioether (sulfide) groups is 1. The fourth-order valence-corrected chi connectivity index (χ4v) is 3.74. The number of esters is 1. The Morgan fingerprint density at radius 1 is 1.13 bits per heavy atom. The van der Waals surface area contributed by atoms with Gasteiger partial charge in [-0.15, -0.1) is 10.2 Å². The first-order valence-electron chi connectivity index (χ1n) is 9.74. The lowest BCUT2D eigenvalue weighted by Gasteiger charge is -2.13. The van der Waals surface area contributed by atoms with Crippen LogP contribution in [0.5, 0.6) is 5.75 Å². The van der Waals surface area contributed by atoms with E-state index in [0.29, 0.717) is 29.0 Å². The molecule has 1 aromatic carbocycles. The van der Waals surface area contributed by atoms with E-state index in [0.717, 1.165) is 5.69 Å². The number of aromatic nitrogens is 5. The predicted octanol–water partition coefficient (Wildman–Crippen LogP) is 1.68. The summed E-state index contributed by atoms with van der Waals surface area (Å²) >= 11 is 1.21. The largest absolute Gasteiger partial charge is 0.494 e. The standard InChI is InChI=1S/C20H23N5O5S/c1-4-29-15-8-6-14(7-9-15)25-16(10-13-11-17(26)22-19(28)21-13)23-24-20(25)31-12(3)18(27)30-5-2/h6-9,11-12H,4-5,10H2,1-3H3,(H2,21,22,26,28)/t12-/m1/s1. The Bertz CT molecular complexity index is 1120. The van der Waals surface area contributed by atoms with E-state index < -0.39 is 16.5 Å². The van der Waals surface area contributed by atoms with Gasteiger partial charge >= 0.3 is 11.7 Å². The second kappa shape index (κ2) is 10.1. The third-order valence-electron chi connectivity index (χ3n) is 4.17. The van der Waals surface area contributed by atoms with Crippen molar-refractivity contribution in [3.63, 3.8) is 0 Å². The molecule has 0 bridgehead atoms. The van der Waals surface area contributed by atoms with Crippen LogP contribution < -0.4 is 16.0 Å². The van der Waals surface area contributed by atoms with E-state index in [1.807, 2.05) is 31.2 Å². The summed E-state index contributed by atoms with van der Waals surface area (Å²) in [6.07, 6.45) is 0.160. The highest BCUT2D eigenvalue weighted by Crippen LogP contribution is 2.28. The Labute approximate surface area is 182 Å². The number of carbonyl (C=O) groups excluding carboxylic acids is 1. The molecule has 3 rings (SSSR count). The Morgan fingerprint density at radius 2 is 1.87 bits per heavy atom.